The summed E-state index contributed by atoms with van der Waals surface area (Å²) in [5, 5.41) is 0. The van der Waals surface area contributed by atoms with Crippen LogP contribution in [-0.2, 0) is 9.47 Å². The summed E-state index contributed by atoms with van der Waals surface area (Å²) in [7, 11) is 0. The molecule has 0 amide bonds. The highest BCUT2D eigenvalue weighted by Gasteiger charge is 2.30. The molecule has 2 aliphatic carbocycles. The third kappa shape index (κ3) is 7.68. The molecule has 2 aliphatic rings. The van der Waals surface area contributed by atoms with Gasteiger partial charge < -0.3 is 14.2 Å². The quantitative estimate of drug-likeness (QED) is 0.148. The highest BCUT2D eigenvalue weighted by molar-refractivity contribution is 5.90. The summed E-state index contributed by atoms with van der Waals surface area (Å²) in [4.78, 5) is 12.8. The van der Waals surface area contributed by atoms with Crippen molar-refractivity contribution in [2.24, 2.45) is 0 Å². The number of carbonyl (C=O) groups is 1. The second-order valence-corrected chi connectivity index (χ2v) is 11.0. The fraction of sp³-hybridized carbons (Fsp3) is 0.545. The molecular formula is C33H41F3O4. The Kier molecular flexibility index (Phi) is 11.1. The van der Waals surface area contributed by atoms with Crippen molar-refractivity contribution in [3.63, 3.8) is 0 Å². The standard InChI is InChI=1S/C33H41F3O4/c1-3-5-19-38-25-12-9-23(10-13-25)27-16-17-28(32(36)31(27)35)33(37)40-26-14-7-22(8-15-26)24-11-18-30(29(34)21-24)39-20-6-4-2/h4,11,16-18,21-23,25-26H,2-3,5-10,12-15,19-20H2,1H3. The van der Waals surface area contributed by atoms with Crippen LogP contribution < -0.4 is 4.74 Å². The summed E-state index contributed by atoms with van der Waals surface area (Å²) in [6.07, 6.45) is 9.91. The Morgan fingerprint density at radius 2 is 1.60 bits per heavy atom. The van der Waals surface area contributed by atoms with Gasteiger partial charge >= 0.3 is 5.97 Å². The average Bonchev–Trinajstić information content (AvgIpc) is 2.96. The van der Waals surface area contributed by atoms with Gasteiger partial charge in [-0.25, -0.2) is 18.0 Å². The van der Waals surface area contributed by atoms with Crippen LogP contribution in [0, 0.1) is 17.5 Å². The molecule has 0 spiro atoms. The minimum Gasteiger partial charge on any atom is -0.490 e. The monoisotopic (exact) mass is 558 g/mol. The third-order valence-corrected chi connectivity index (χ3v) is 8.25. The molecule has 7 heteroatoms. The second-order valence-electron chi connectivity index (χ2n) is 11.0. The minimum atomic E-state index is -1.14. The zero-order valence-corrected chi connectivity index (χ0v) is 23.4. The van der Waals surface area contributed by atoms with Gasteiger partial charge in [0.1, 0.15) is 6.10 Å². The van der Waals surface area contributed by atoms with Gasteiger partial charge in [0.05, 0.1) is 18.3 Å². The lowest BCUT2D eigenvalue weighted by Crippen LogP contribution is -2.25. The first-order valence-corrected chi connectivity index (χ1v) is 14.7. The normalized spacial score (nSPS) is 23.0. The summed E-state index contributed by atoms with van der Waals surface area (Å²) >= 11 is 0. The fourth-order valence-corrected chi connectivity index (χ4v) is 5.84. The van der Waals surface area contributed by atoms with E-state index in [1.807, 2.05) is 6.07 Å². The molecule has 4 nitrogen and oxygen atoms in total. The van der Waals surface area contributed by atoms with E-state index < -0.39 is 23.4 Å². The largest absolute Gasteiger partial charge is 0.490 e. The minimum absolute atomic E-state index is 0.0847. The van der Waals surface area contributed by atoms with Crippen molar-refractivity contribution in [2.75, 3.05) is 13.2 Å². The van der Waals surface area contributed by atoms with E-state index in [-0.39, 0.29) is 35.4 Å². The summed E-state index contributed by atoms with van der Waals surface area (Å²) in [5.74, 6) is -3.06. The number of benzene rings is 2. The lowest BCUT2D eigenvalue weighted by molar-refractivity contribution is 0.0189. The number of rotatable bonds is 12. The van der Waals surface area contributed by atoms with Crippen LogP contribution in [0.1, 0.15) is 111 Å². The summed E-state index contributed by atoms with van der Waals surface area (Å²) in [5.41, 5.74) is 0.837. The molecule has 0 bridgehead atoms. The van der Waals surface area contributed by atoms with E-state index in [4.69, 9.17) is 14.2 Å². The van der Waals surface area contributed by atoms with Gasteiger partial charge in [-0.2, -0.15) is 0 Å². The number of unbranched alkanes of at least 4 members (excludes halogenated alkanes) is 1. The van der Waals surface area contributed by atoms with Crippen LogP contribution in [0.5, 0.6) is 5.75 Å². The summed E-state index contributed by atoms with van der Waals surface area (Å²) in [6, 6.07) is 7.91. The van der Waals surface area contributed by atoms with Crippen LogP contribution in [0.4, 0.5) is 13.2 Å². The van der Waals surface area contributed by atoms with E-state index in [2.05, 4.69) is 13.5 Å². The van der Waals surface area contributed by atoms with E-state index in [0.717, 1.165) is 50.7 Å². The van der Waals surface area contributed by atoms with Gasteiger partial charge in [-0.15, -0.1) is 6.58 Å². The highest BCUT2D eigenvalue weighted by Crippen LogP contribution is 2.38. The van der Waals surface area contributed by atoms with Crippen molar-refractivity contribution in [2.45, 2.75) is 102 Å². The molecule has 0 atom stereocenters. The lowest BCUT2D eigenvalue weighted by Gasteiger charge is -2.30. The molecule has 0 radical (unpaired) electrons. The fourth-order valence-electron chi connectivity index (χ4n) is 5.84. The van der Waals surface area contributed by atoms with Crippen molar-refractivity contribution in [3.8, 4) is 5.75 Å². The van der Waals surface area contributed by atoms with Crippen molar-refractivity contribution >= 4 is 5.97 Å². The molecule has 0 unspecified atom stereocenters. The maximum Gasteiger partial charge on any atom is 0.341 e. The maximum atomic E-state index is 15.1. The van der Waals surface area contributed by atoms with Gasteiger partial charge in [0.2, 0.25) is 0 Å². The SMILES string of the molecule is C=CCCOc1ccc(C2CCC(OC(=O)c3ccc(C4CCC(OCCCC)CC4)c(F)c3F)CC2)cc1F. The van der Waals surface area contributed by atoms with Crippen LogP contribution in [0.3, 0.4) is 0 Å². The predicted molar refractivity (Wildman–Crippen MR) is 149 cm³/mol. The molecule has 0 heterocycles. The molecule has 0 saturated heterocycles. The first-order valence-electron chi connectivity index (χ1n) is 14.7. The van der Waals surface area contributed by atoms with Gasteiger partial charge in [-0.05, 0) is 105 Å². The maximum absolute atomic E-state index is 15.1. The van der Waals surface area contributed by atoms with Crippen LogP contribution in [0.25, 0.3) is 0 Å². The number of esters is 1. The van der Waals surface area contributed by atoms with Crippen LogP contribution in [0.15, 0.2) is 43.0 Å². The summed E-state index contributed by atoms with van der Waals surface area (Å²) < 4.78 is 61.4. The van der Waals surface area contributed by atoms with Crippen LogP contribution in [-0.4, -0.2) is 31.4 Å². The molecule has 2 aromatic rings. The highest BCUT2D eigenvalue weighted by atomic mass is 19.2. The number of carbonyl (C=O) groups excluding carboxylic acids is 1. The first-order chi connectivity index (χ1) is 19.4. The Balaban J connectivity index is 1.28. The lowest BCUT2D eigenvalue weighted by atomic mass is 9.82. The van der Waals surface area contributed by atoms with Gasteiger partial charge in [-0.3, -0.25) is 0 Å². The zero-order valence-electron chi connectivity index (χ0n) is 23.4. The average molecular weight is 559 g/mol. The molecule has 4 rings (SSSR count). The van der Waals surface area contributed by atoms with E-state index >= 15 is 8.78 Å². The third-order valence-electron chi connectivity index (χ3n) is 8.25. The number of ether oxygens (including phenoxy) is 3. The molecule has 0 aliphatic heterocycles. The van der Waals surface area contributed by atoms with Gasteiger partial charge in [0.15, 0.2) is 23.2 Å². The van der Waals surface area contributed by atoms with Gasteiger partial charge in [0.25, 0.3) is 0 Å². The van der Waals surface area contributed by atoms with Crippen LogP contribution >= 0.6 is 0 Å². The van der Waals surface area contributed by atoms with Crippen molar-refractivity contribution in [3.05, 3.63) is 77.1 Å². The topological polar surface area (TPSA) is 44.8 Å². The van der Waals surface area contributed by atoms with Crippen molar-refractivity contribution < 1.29 is 32.2 Å². The molecule has 2 aromatic carbocycles. The summed E-state index contributed by atoms with van der Waals surface area (Å²) in [6.45, 7) is 6.86. The molecule has 0 N–H and O–H groups in total. The first kappa shape index (κ1) is 30.2. The zero-order chi connectivity index (χ0) is 28.5. The van der Waals surface area contributed by atoms with Crippen molar-refractivity contribution in [1.82, 2.24) is 0 Å². The Labute approximate surface area is 235 Å². The Bertz CT molecular complexity index is 1130. The second kappa shape index (κ2) is 14.7. The van der Waals surface area contributed by atoms with Crippen LogP contribution in [0.2, 0.25) is 0 Å². The Morgan fingerprint density at radius 3 is 2.27 bits per heavy atom. The number of hydrogen-bond donors (Lipinski definition) is 0. The number of halogens is 3. The Morgan fingerprint density at radius 1 is 0.900 bits per heavy atom. The predicted octanol–water partition coefficient (Wildman–Crippen LogP) is 8.78. The van der Waals surface area contributed by atoms with Gasteiger partial charge in [0, 0.05) is 6.61 Å². The molecule has 0 aromatic heterocycles. The molecule has 2 saturated carbocycles. The van der Waals surface area contributed by atoms with E-state index in [9.17, 15) is 9.18 Å². The van der Waals surface area contributed by atoms with E-state index in [1.54, 1.807) is 12.1 Å². The van der Waals surface area contributed by atoms with Crippen molar-refractivity contribution in [1.29, 1.82) is 0 Å². The van der Waals surface area contributed by atoms with Gasteiger partial charge in [-0.1, -0.05) is 31.6 Å². The molecule has 40 heavy (non-hydrogen) atoms. The molecular weight excluding hydrogens is 517 g/mol. The van der Waals surface area contributed by atoms with E-state index in [1.165, 1.54) is 18.2 Å². The molecule has 2 fully saturated rings. The number of hydrogen-bond acceptors (Lipinski definition) is 4. The van der Waals surface area contributed by atoms with E-state index in [0.29, 0.717) is 44.3 Å². The Hall–Kier alpha value is -2.80. The molecule has 218 valence electrons. The smallest absolute Gasteiger partial charge is 0.341 e.